The summed E-state index contributed by atoms with van der Waals surface area (Å²) in [7, 11) is 0. The summed E-state index contributed by atoms with van der Waals surface area (Å²) < 4.78 is 7.91. The van der Waals surface area contributed by atoms with E-state index in [1.807, 2.05) is 37.6 Å². The average Bonchev–Trinajstić information content (AvgIpc) is 2.98. The zero-order chi connectivity index (χ0) is 13.8. The number of nitrogens with zero attached hydrogens (tertiary/aromatic N) is 2. The van der Waals surface area contributed by atoms with Crippen LogP contribution in [0, 0.1) is 0 Å². The van der Waals surface area contributed by atoms with E-state index < -0.39 is 0 Å². The molecule has 1 aromatic heterocycles. The molecular weight excluding hydrogens is 250 g/mol. The molecule has 2 aromatic rings. The zero-order valence-electron chi connectivity index (χ0n) is 11.9. The minimum Gasteiger partial charge on any atom is -0.492 e. The second kappa shape index (κ2) is 6.09. The number of benzene rings is 1. The summed E-state index contributed by atoms with van der Waals surface area (Å²) in [5.41, 5.74) is 2.34. The van der Waals surface area contributed by atoms with Crippen LogP contribution in [0.5, 0.6) is 5.75 Å². The summed E-state index contributed by atoms with van der Waals surface area (Å²) in [6.07, 6.45) is 6.32. The first-order valence-electron chi connectivity index (χ1n) is 7.35. The number of para-hydroxylation sites is 2. The van der Waals surface area contributed by atoms with Crippen LogP contribution in [0.4, 0.5) is 0 Å². The number of piperidine rings is 1. The predicted molar refractivity (Wildman–Crippen MR) is 79.6 cm³/mol. The normalized spacial score (nSPS) is 18.9. The van der Waals surface area contributed by atoms with Crippen LogP contribution in [0.2, 0.25) is 0 Å². The van der Waals surface area contributed by atoms with Crippen molar-refractivity contribution in [2.75, 3.05) is 19.7 Å². The highest BCUT2D eigenvalue weighted by Crippen LogP contribution is 2.29. The van der Waals surface area contributed by atoms with Crippen LogP contribution in [0.1, 0.15) is 31.4 Å². The van der Waals surface area contributed by atoms with Gasteiger partial charge in [-0.25, -0.2) is 4.98 Å². The number of imidazole rings is 1. The number of aromatic nitrogens is 2. The van der Waals surface area contributed by atoms with Crippen molar-refractivity contribution in [1.29, 1.82) is 0 Å². The molecule has 0 spiro atoms. The number of rotatable bonds is 4. The molecule has 4 nitrogen and oxygen atoms in total. The molecule has 0 radical (unpaired) electrons. The van der Waals surface area contributed by atoms with Gasteiger partial charge >= 0.3 is 0 Å². The minimum absolute atomic E-state index is 0.529. The van der Waals surface area contributed by atoms with Crippen LogP contribution < -0.4 is 10.1 Å². The van der Waals surface area contributed by atoms with E-state index in [-0.39, 0.29) is 0 Å². The Hall–Kier alpha value is -1.81. The van der Waals surface area contributed by atoms with Crippen molar-refractivity contribution in [3.8, 4) is 11.4 Å². The largest absolute Gasteiger partial charge is 0.492 e. The zero-order valence-corrected chi connectivity index (χ0v) is 11.9. The lowest BCUT2D eigenvalue weighted by Gasteiger charge is -2.24. The molecule has 1 saturated heterocycles. The Balaban J connectivity index is 1.96. The van der Waals surface area contributed by atoms with Gasteiger partial charge in [0.15, 0.2) is 0 Å². The van der Waals surface area contributed by atoms with Crippen molar-refractivity contribution in [3.63, 3.8) is 0 Å². The fraction of sp³-hybridized carbons (Fsp3) is 0.438. The van der Waals surface area contributed by atoms with Gasteiger partial charge in [-0.05, 0) is 38.4 Å². The Labute approximate surface area is 119 Å². The van der Waals surface area contributed by atoms with Gasteiger partial charge in [0, 0.05) is 24.4 Å². The number of hydrogen-bond donors (Lipinski definition) is 1. The first-order valence-corrected chi connectivity index (χ1v) is 7.35. The van der Waals surface area contributed by atoms with E-state index in [1.54, 1.807) is 0 Å². The molecule has 1 fully saturated rings. The molecule has 106 valence electrons. The quantitative estimate of drug-likeness (QED) is 0.929. The molecule has 1 aliphatic rings. The maximum atomic E-state index is 5.74. The van der Waals surface area contributed by atoms with Crippen molar-refractivity contribution in [1.82, 2.24) is 14.9 Å². The summed E-state index contributed by atoms with van der Waals surface area (Å²) in [4.78, 5) is 4.35. The summed E-state index contributed by atoms with van der Waals surface area (Å²) in [6.45, 7) is 4.84. The van der Waals surface area contributed by atoms with Gasteiger partial charge in [0.25, 0.3) is 0 Å². The summed E-state index contributed by atoms with van der Waals surface area (Å²) >= 11 is 0. The average molecular weight is 271 g/mol. The molecule has 2 heterocycles. The number of nitrogens with one attached hydrogen (secondary N) is 1. The van der Waals surface area contributed by atoms with Crippen molar-refractivity contribution in [3.05, 3.63) is 42.5 Å². The van der Waals surface area contributed by atoms with Gasteiger partial charge in [-0.15, -0.1) is 0 Å². The molecule has 4 heteroatoms. The van der Waals surface area contributed by atoms with Crippen molar-refractivity contribution < 1.29 is 4.74 Å². The Morgan fingerprint density at radius 1 is 1.40 bits per heavy atom. The lowest BCUT2D eigenvalue weighted by molar-refractivity contribution is 0.338. The molecule has 0 aliphatic carbocycles. The second-order valence-electron chi connectivity index (χ2n) is 5.13. The number of ether oxygens (including phenoxy) is 1. The SMILES string of the molecule is CCOc1ccccc1-n1cncc1C1CCCNC1. The van der Waals surface area contributed by atoms with Gasteiger partial charge in [0.05, 0.1) is 18.6 Å². The van der Waals surface area contributed by atoms with Crippen LogP contribution >= 0.6 is 0 Å². The molecule has 20 heavy (non-hydrogen) atoms. The first kappa shape index (κ1) is 13.2. The van der Waals surface area contributed by atoms with Gasteiger partial charge < -0.3 is 10.1 Å². The van der Waals surface area contributed by atoms with Crippen LogP contribution in [-0.4, -0.2) is 29.2 Å². The van der Waals surface area contributed by atoms with Crippen LogP contribution in [0.3, 0.4) is 0 Å². The van der Waals surface area contributed by atoms with Gasteiger partial charge in [0.2, 0.25) is 0 Å². The Kier molecular flexibility index (Phi) is 4.02. The standard InChI is InChI=1S/C16H21N3O/c1-2-20-16-8-4-3-7-14(16)19-12-18-11-15(19)13-6-5-9-17-10-13/h3-4,7-8,11-13,17H,2,5-6,9-10H2,1H3. The van der Waals surface area contributed by atoms with Crippen molar-refractivity contribution >= 4 is 0 Å². The Morgan fingerprint density at radius 3 is 3.10 bits per heavy atom. The lowest BCUT2D eigenvalue weighted by atomic mass is 9.96. The van der Waals surface area contributed by atoms with E-state index in [1.165, 1.54) is 18.5 Å². The van der Waals surface area contributed by atoms with E-state index in [2.05, 4.69) is 20.9 Å². The van der Waals surface area contributed by atoms with E-state index in [4.69, 9.17) is 4.74 Å². The smallest absolute Gasteiger partial charge is 0.143 e. The summed E-state index contributed by atoms with van der Waals surface area (Å²) in [5.74, 6) is 1.44. The second-order valence-corrected chi connectivity index (χ2v) is 5.13. The third kappa shape index (κ3) is 2.56. The maximum absolute atomic E-state index is 5.74. The minimum atomic E-state index is 0.529. The highest BCUT2D eigenvalue weighted by Gasteiger charge is 2.20. The van der Waals surface area contributed by atoms with Gasteiger partial charge in [0.1, 0.15) is 5.75 Å². The fourth-order valence-electron chi connectivity index (χ4n) is 2.85. The van der Waals surface area contributed by atoms with Gasteiger partial charge in [-0.2, -0.15) is 0 Å². The molecule has 1 atom stereocenters. The summed E-state index contributed by atoms with van der Waals surface area (Å²) in [6, 6.07) is 8.15. The van der Waals surface area contributed by atoms with Crippen molar-refractivity contribution in [2.45, 2.75) is 25.7 Å². The monoisotopic (exact) mass is 271 g/mol. The van der Waals surface area contributed by atoms with Gasteiger partial charge in [-0.1, -0.05) is 12.1 Å². The third-order valence-corrected chi connectivity index (χ3v) is 3.81. The maximum Gasteiger partial charge on any atom is 0.143 e. The molecule has 1 unspecified atom stereocenters. The first-order chi connectivity index (χ1) is 9.90. The number of hydrogen-bond acceptors (Lipinski definition) is 3. The van der Waals surface area contributed by atoms with E-state index in [0.29, 0.717) is 12.5 Å². The van der Waals surface area contributed by atoms with Crippen LogP contribution in [0.25, 0.3) is 5.69 Å². The van der Waals surface area contributed by atoms with E-state index in [9.17, 15) is 0 Å². The Bertz CT molecular complexity index is 558. The van der Waals surface area contributed by atoms with Crippen molar-refractivity contribution in [2.24, 2.45) is 0 Å². The fourth-order valence-corrected chi connectivity index (χ4v) is 2.85. The molecule has 0 bridgehead atoms. The molecule has 0 amide bonds. The molecule has 3 rings (SSSR count). The van der Waals surface area contributed by atoms with E-state index in [0.717, 1.165) is 24.5 Å². The molecular formula is C16H21N3O. The highest BCUT2D eigenvalue weighted by atomic mass is 16.5. The van der Waals surface area contributed by atoms with Crippen LogP contribution in [-0.2, 0) is 0 Å². The molecule has 1 aliphatic heterocycles. The summed E-state index contributed by atoms with van der Waals surface area (Å²) in [5, 5.41) is 3.47. The predicted octanol–water partition coefficient (Wildman–Crippen LogP) is 2.74. The lowest BCUT2D eigenvalue weighted by Crippen LogP contribution is -2.29. The third-order valence-electron chi connectivity index (χ3n) is 3.81. The van der Waals surface area contributed by atoms with Gasteiger partial charge in [-0.3, -0.25) is 4.57 Å². The molecule has 1 N–H and O–H groups in total. The molecule has 0 saturated carbocycles. The molecule has 1 aromatic carbocycles. The van der Waals surface area contributed by atoms with E-state index >= 15 is 0 Å². The topological polar surface area (TPSA) is 39.1 Å². The highest BCUT2D eigenvalue weighted by molar-refractivity contribution is 5.48. The Morgan fingerprint density at radius 2 is 2.30 bits per heavy atom. The van der Waals surface area contributed by atoms with Crippen LogP contribution in [0.15, 0.2) is 36.8 Å².